The summed E-state index contributed by atoms with van der Waals surface area (Å²) in [6, 6.07) is 5.79. The Balaban J connectivity index is 3.04. The molecule has 3 nitrogen and oxygen atoms in total. The van der Waals surface area contributed by atoms with E-state index in [1.165, 1.54) is 0 Å². The Kier molecular flexibility index (Phi) is 4.71. The van der Waals surface area contributed by atoms with E-state index in [0.717, 1.165) is 17.1 Å². The van der Waals surface area contributed by atoms with Gasteiger partial charge in [0.1, 0.15) is 0 Å². The fourth-order valence-corrected chi connectivity index (χ4v) is 1.35. The largest absolute Gasteiger partial charge is 0.492 e. The summed E-state index contributed by atoms with van der Waals surface area (Å²) >= 11 is 0. The molecule has 0 bridgehead atoms. The lowest BCUT2D eigenvalue weighted by Crippen LogP contribution is -1.97. The normalized spacial score (nSPS) is 10.6. The third-order valence-electron chi connectivity index (χ3n) is 1.95. The van der Waals surface area contributed by atoms with Crippen LogP contribution in [-0.2, 0) is 0 Å². The number of nitrogens with two attached hydrogens (primary N) is 1. The molecule has 0 unspecified atom stereocenters. The number of rotatable bonds is 5. The molecule has 15 heavy (non-hydrogen) atoms. The first-order chi connectivity index (χ1) is 7.33. The summed E-state index contributed by atoms with van der Waals surface area (Å²) in [7, 11) is 1.64. The van der Waals surface area contributed by atoms with Gasteiger partial charge in [0, 0.05) is 12.1 Å². The van der Waals surface area contributed by atoms with Gasteiger partial charge in [-0.3, -0.25) is 0 Å². The lowest BCUT2D eigenvalue weighted by Gasteiger charge is -2.11. The van der Waals surface area contributed by atoms with Crippen molar-refractivity contribution < 1.29 is 9.47 Å². The third kappa shape index (κ3) is 2.99. The van der Waals surface area contributed by atoms with E-state index >= 15 is 0 Å². The van der Waals surface area contributed by atoms with Crippen molar-refractivity contribution in [2.24, 2.45) is 5.73 Å². The van der Waals surface area contributed by atoms with E-state index in [0.29, 0.717) is 13.2 Å². The summed E-state index contributed by atoms with van der Waals surface area (Å²) < 4.78 is 10.8. The first-order valence-electron chi connectivity index (χ1n) is 4.99. The number of hydrogen-bond donors (Lipinski definition) is 1. The summed E-state index contributed by atoms with van der Waals surface area (Å²) in [4.78, 5) is 0. The summed E-state index contributed by atoms with van der Waals surface area (Å²) in [6.45, 7) is 3.09. The van der Waals surface area contributed by atoms with Gasteiger partial charge in [-0.2, -0.15) is 0 Å². The maximum absolute atomic E-state index is 5.46. The van der Waals surface area contributed by atoms with Crippen LogP contribution < -0.4 is 15.2 Å². The molecule has 0 spiro atoms. The fourth-order valence-electron chi connectivity index (χ4n) is 1.35. The zero-order valence-electron chi connectivity index (χ0n) is 9.19. The maximum Gasteiger partial charge on any atom is 0.167 e. The molecule has 2 N–H and O–H groups in total. The summed E-state index contributed by atoms with van der Waals surface area (Å²) in [6.07, 6.45) is 3.81. The van der Waals surface area contributed by atoms with Gasteiger partial charge in [0.25, 0.3) is 0 Å². The molecule has 0 saturated heterocycles. The van der Waals surface area contributed by atoms with E-state index in [1.807, 2.05) is 37.3 Å². The van der Waals surface area contributed by atoms with Crippen molar-refractivity contribution in [3.05, 3.63) is 29.8 Å². The molecule has 82 valence electrons. The van der Waals surface area contributed by atoms with Gasteiger partial charge in [0.15, 0.2) is 11.5 Å². The molecule has 0 fully saturated rings. The van der Waals surface area contributed by atoms with Crippen molar-refractivity contribution in [1.29, 1.82) is 0 Å². The van der Waals surface area contributed by atoms with Crippen molar-refractivity contribution in [1.82, 2.24) is 0 Å². The molecule has 0 aliphatic carbocycles. The fraction of sp³-hybridized carbons (Fsp3) is 0.333. The topological polar surface area (TPSA) is 44.5 Å². The van der Waals surface area contributed by atoms with Gasteiger partial charge >= 0.3 is 0 Å². The predicted molar refractivity (Wildman–Crippen MR) is 62.3 cm³/mol. The molecular formula is C12H17NO2. The van der Waals surface area contributed by atoms with Crippen LogP contribution in [0.1, 0.15) is 12.5 Å². The second-order valence-electron chi connectivity index (χ2n) is 2.95. The molecule has 0 radical (unpaired) electrons. The van der Waals surface area contributed by atoms with Crippen molar-refractivity contribution in [2.45, 2.75) is 6.92 Å². The average molecular weight is 207 g/mol. The number of ether oxygens (including phenoxy) is 2. The molecule has 0 aliphatic heterocycles. The predicted octanol–water partition coefficient (Wildman–Crippen LogP) is 2.07. The van der Waals surface area contributed by atoms with Gasteiger partial charge in [-0.1, -0.05) is 24.3 Å². The molecule has 0 saturated carbocycles. The minimum absolute atomic E-state index is 0.516. The minimum Gasteiger partial charge on any atom is -0.492 e. The molecule has 1 aromatic carbocycles. The summed E-state index contributed by atoms with van der Waals surface area (Å²) in [5, 5.41) is 0. The Morgan fingerprint density at radius 3 is 2.80 bits per heavy atom. The van der Waals surface area contributed by atoms with E-state index in [9.17, 15) is 0 Å². The van der Waals surface area contributed by atoms with Crippen molar-refractivity contribution in [2.75, 3.05) is 20.3 Å². The molecule has 0 aromatic heterocycles. The number of benzene rings is 1. The smallest absolute Gasteiger partial charge is 0.167 e. The lowest BCUT2D eigenvalue weighted by molar-refractivity contribution is 0.310. The van der Waals surface area contributed by atoms with Crippen LogP contribution in [0.2, 0.25) is 0 Å². The first-order valence-corrected chi connectivity index (χ1v) is 4.99. The second-order valence-corrected chi connectivity index (χ2v) is 2.95. The monoisotopic (exact) mass is 207 g/mol. The molecule has 0 heterocycles. The van der Waals surface area contributed by atoms with Crippen LogP contribution in [0.25, 0.3) is 6.08 Å². The standard InChI is InChI=1S/C12H17NO2/c1-3-15-11-8-4-6-10(7-5-9-13)12(11)14-2/h4-8H,3,9,13H2,1-2H3. The van der Waals surface area contributed by atoms with Crippen LogP contribution in [0.15, 0.2) is 24.3 Å². The van der Waals surface area contributed by atoms with E-state index in [2.05, 4.69) is 0 Å². The van der Waals surface area contributed by atoms with E-state index < -0.39 is 0 Å². The van der Waals surface area contributed by atoms with Crippen LogP contribution in [0, 0.1) is 0 Å². The summed E-state index contributed by atoms with van der Waals surface area (Å²) in [5.74, 6) is 1.52. The van der Waals surface area contributed by atoms with Gasteiger partial charge in [0.2, 0.25) is 0 Å². The van der Waals surface area contributed by atoms with E-state index in [-0.39, 0.29) is 0 Å². The Morgan fingerprint density at radius 2 is 2.20 bits per heavy atom. The Hall–Kier alpha value is -1.48. The molecule has 0 amide bonds. The van der Waals surface area contributed by atoms with Crippen LogP contribution in [0.4, 0.5) is 0 Å². The number of methoxy groups -OCH3 is 1. The van der Waals surface area contributed by atoms with Gasteiger partial charge in [0.05, 0.1) is 13.7 Å². The van der Waals surface area contributed by atoms with Crippen molar-refractivity contribution >= 4 is 6.08 Å². The van der Waals surface area contributed by atoms with Crippen LogP contribution >= 0.6 is 0 Å². The zero-order valence-corrected chi connectivity index (χ0v) is 9.19. The molecule has 1 aromatic rings. The Morgan fingerprint density at radius 1 is 1.40 bits per heavy atom. The second kappa shape index (κ2) is 6.09. The summed E-state index contributed by atoms with van der Waals surface area (Å²) in [5.41, 5.74) is 6.39. The van der Waals surface area contributed by atoms with Crippen LogP contribution in [0.5, 0.6) is 11.5 Å². The van der Waals surface area contributed by atoms with Gasteiger partial charge in [-0.05, 0) is 13.0 Å². The minimum atomic E-state index is 0.516. The van der Waals surface area contributed by atoms with Crippen LogP contribution in [0.3, 0.4) is 0 Å². The lowest BCUT2D eigenvalue weighted by atomic mass is 10.1. The highest BCUT2D eigenvalue weighted by Crippen LogP contribution is 2.31. The zero-order chi connectivity index (χ0) is 11.1. The van der Waals surface area contributed by atoms with Crippen molar-refractivity contribution in [3.8, 4) is 11.5 Å². The molecule has 1 rings (SSSR count). The molecule has 0 aliphatic rings. The Bertz CT molecular complexity index is 334. The number of para-hydroxylation sites is 1. The van der Waals surface area contributed by atoms with Gasteiger partial charge in [-0.15, -0.1) is 0 Å². The first kappa shape index (κ1) is 11.6. The average Bonchev–Trinajstić information content (AvgIpc) is 2.27. The highest BCUT2D eigenvalue weighted by atomic mass is 16.5. The molecule has 0 atom stereocenters. The quantitative estimate of drug-likeness (QED) is 0.803. The van der Waals surface area contributed by atoms with Crippen LogP contribution in [-0.4, -0.2) is 20.3 Å². The SMILES string of the molecule is CCOc1cccc(C=CCN)c1OC. The van der Waals surface area contributed by atoms with Crippen molar-refractivity contribution in [3.63, 3.8) is 0 Å². The third-order valence-corrected chi connectivity index (χ3v) is 1.95. The Labute approximate surface area is 90.5 Å². The highest BCUT2D eigenvalue weighted by molar-refractivity contribution is 5.62. The molecular weight excluding hydrogens is 190 g/mol. The van der Waals surface area contributed by atoms with Gasteiger partial charge < -0.3 is 15.2 Å². The number of hydrogen-bond acceptors (Lipinski definition) is 3. The van der Waals surface area contributed by atoms with E-state index in [4.69, 9.17) is 15.2 Å². The van der Waals surface area contributed by atoms with E-state index in [1.54, 1.807) is 7.11 Å². The molecule has 3 heteroatoms. The highest BCUT2D eigenvalue weighted by Gasteiger charge is 2.06. The maximum atomic E-state index is 5.46. The van der Waals surface area contributed by atoms with Gasteiger partial charge in [-0.25, -0.2) is 0 Å².